The molecule has 1 heterocycles. The molecule has 5 nitrogen and oxygen atoms in total. The molecule has 0 aliphatic heterocycles. The quantitative estimate of drug-likeness (QED) is 0.782. The van der Waals surface area contributed by atoms with Gasteiger partial charge in [-0.05, 0) is 18.6 Å². The van der Waals surface area contributed by atoms with Gasteiger partial charge in [-0.15, -0.1) is 0 Å². The maximum absolute atomic E-state index is 10.9. The summed E-state index contributed by atoms with van der Waals surface area (Å²) < 4.78 is 21.8. The molecule has 1 aromatic heterocycles. The zero-order valence-electron chi connectivity index (χ0n) is 8.82. The number of rotatable bonds is 4. The molecule has 1 aromatic rings. The lowest BCUT2D eigenvalue weighted by Crippen LogP contribution is -2.15. The number of pyridine rings is 1. The van der Waals surface area contributed by atoms with Crippen LogP contribution in [0, 0.1) is 6.92 Å². The van der Waals surface area contributed by atoms with Gasteiger partial charge in [0.05, 0.1) is 11.4 Å². The number of hydrogen-bond donors (Lipinski definition) is 2. The van der Waals surface area contributed by atoms with Crippen LogP contribution in [-0.4, -0.2) is 32.0 Å². The van der Waals surface area contributed by atoms with E-state index in [2.05, 4.69) is 10.3 Å². The Kier molecular flexibility index (Phi) is 3.52. The molecule has 15 heavy (non-hydrogen) atoms. The highest BCUT2D eigenvalue weighted by Crippen LogP contribution is 2.18. The Balaban J connectivity index is 2.62. The van der Waals surface area contributed by atoms with Crippen molar-refractivity contribution in [3.63, 3.8) is 0 Å². The number of hydrogen-bond acceptors (Lipinski definition) is 5. The van der Waals surface area contributed by atoms with Crippen molar-refractivity contribution < 1.29 is 8.42 Å². The van der Waals surface area contributed by atoms with Crippen molar-refractivity contribution >= 4 is 21.3 Å². The van der Waals surface area contributed by atoms with Gasteiger partial charge in [0.1, 0.15) is 15.7 Å². The van der Waals surface area contributed by atoms with Crippen molar-refractivity contribution in [2.45, 2.75) is 6.92 Å². The number of nitrogen functional groups attached to an aromatic ring is 1. The van der Waals surface area contributed by atoms with E-state index in [0.29, 0.717) is 18.1 Å². The van der Waals surface area contributed by atoms with E-state index in [4.69, 9.17) is 5.73 Å². The molecule has 3 N–H and O–H groups in total. The molecule has 1 rings (SSSR count). The average Bonchev–Trinajstić information content (AvgIpc) is 2.10. The van der Waals surface area contributed by atoms with Crippen LogP contribution in [0.3, 0.4) is 0 Å². The van der Waals surface area contributed by atoms with Gasteiger partial charge in [0.2, 0.25) is 0 Å². The Morgan fingerprint density at radius 3 is 2.80 bits per heavy atom. The average molecular weight is 229 g/mol. The van der Waals surface area contributed by atoms with Crippen molar-refractivity contribution in [1.29, 1.82) is 0 Å². The Bertz CT molecular complexity index is 443. The van der Waals surface area contributed by atoms with Crippen molar-refractivity contribution in [3.05, 3.63) is 17.8 Å². The molecule has 0 aliphatic carbocycles. The van der Waals surface area contributed by atoms with E-state index < -0.39 is 9.84 Å². The highest BCUT2D eigenvalue weighted by molar-refractivity contribution is 7.90. The predicted molar refractivity (Wildman–Crippen MR) is 61.6 cm³/mol. The van der Waals surface area contributed by atoms with Crippen LogP contribution in [0.4, 0.5) is 11.5 Å². The number of nitrogens with two attached hydrogens (primary N) is 1. The number of sulfone groups is 1. The maximum Gasteiger partial charge on any atom is 0.149 e. The molecule has 0 spiro atoms. The van der Waals surface area contributed by atoms with Crippen LogP contribution >= 0.6 is 0 Å². The molecule has 0 atom stereocenters. The van der Waals surface area contributed by atoms with Gasteiger partial charge in [-0.1, -0.05) is 0 Å². The first-order chi connectivity index (χ1) is 6.90. The van der Waals surface area contributed by atoms with Crippen LogP contribution in [-0.2, 0) is 9.84 Å². The molecule has 0 aromatic carbocycles. The lowest BCUT2D eigenvalue weighted by molar-refractivity contribution is 0.602. The monoisotopic (exact) mass is 229 g/mol. The minimum atomic E-state index is -2.95. The van der Waals surface area contributed by atoms with Gasteiger partial charge in [0.15, 0.2) is 0 Å². The smallest absolute Gasteiger partial charge is 0.149 e. The first kappa shape index (κ1) is 11.8. The van der Waals surface area contributed by atoms with Gasteiger partial charge in [-0.2, -0.15) is 0 Å². The second-order valence-electron chi connectivity index (χ2n) is 3.45. The first-order valence-electron chi connectivity index (χ1n) is 4.53. The Labute approximate surface area is 89.6 Å². The summed E-state index contributed by atoms with van der Waals surface area (Å²) >= 11 is 0. The van der Waals surface area contributed by atoms with Crippen molar-refractivity contribution in [3.8, 4) is 0 Å². The molecule has 0 radical (unpaired) electrons. The Morgan fingerprint density at radius 2 is 2.20 bits per heavy atom. The topological polar surface area (TPSA) is 85.1 Å². The zero-order chi connectivity index (χ0) is 11.5. The number of nitrogens with one attached hydrogen (secondary N) is 1. The van der Waals surface area contributed by atoms with Gasteiger partial charge < -0.3 is 11.1 Å². The van der Waals surface area contributed by atoms with Crippen LogP contribution in [0.5, 0.6) is 0 Å². The van der Waals surface area contributed by atoms with Gasteiger partial charge >= 0.3 is 0 Å². The van der Waals surface area contributed by atoms with E-state index in [1.54, 1.807) is 12.3 Å². The third-order valence-electron chi connectivity index (χ3n) is 1.97. The Hall–Kier alpha value is -1.30. The second-order valence-corrected chi connectivity index (χ2v) is 5.71. The molecule has 0 amide bonds. The largest absolute Gasteiger partial charge is 0.396 e. The fraction of sp³-hybridized carbons (Fsp3) is 0.444. The van der Waals surface area contributed by atoms with E-state index in [9.17, 15) is 8.42 Å². The lowest BCUT2D eigenvalue weighted by Gasteiger charge is -2.08. The number of aromatic nitrogens is 1. The van der Waals surface area contributed by atoms with Gasteiger partial charge in [-0.25, -0.2) is 13.4 Å². The minimum Gasteiger partial charge on any atom is -0.396 e. The molecule has 6 heteroatoms. The summed E-state index contributed by atoms with van der Waals surface area (Å²) in [5.74, 6) is 0.612. The third kappa shape index (κ3) is 3.75. The van der Waals surface area contributed by atoms with E-state index in [1.165, 1.54) is 6.26 Å². The van der Waals surface area contributed by atoms with Crippen LogP contribution in [0.25, 0.3) is 0 Å². The predicted octanol–water partition coefficient (Wildman–Crippen LogP) is 0.429. The van der Waals surface area contributed by atoms with E-state index in [-0.39, 0.29) is 5.75 Å². The number of nitrogens with zero attached hydrogens (tertiary/aromatic N) is 1. The molecule has 84 valence electrons. The summed E-state index contributed by atoms with van der Waals surface area (Å²) in [5, 5.41) is 2.90. The highest BCUT2D eigenvalue weighted by atomic mass is 32.2. The molecule has 0 fully saturated rings. The standard InChI is InChI=1S/C9H15N3O2S/c1-7-3-4-11-9(8(7)10)12-5-6-15(2,13)14/h3-4H,5-6,10H2,1-2H3,(H,11,12). The summed E-state index contributed by atoms with van der Waals surface area (Å²) in [4.78, 5) is 4.03. The lowest BCUT2D eigenvalue weighted by atomic mass is 10.2. The summed E-state index contributed by atoms with van der Waals surface area (Å²) in [6.07, 6.45) is 2.83. The molecule has 0 aliphatic rings. The van der Waals surface area contributed by atoms with Crippen molar-refractivity contribution in [2.75, 3.05) is 29.6 Å². The van der Waals surface area contributed by atoms with E-state index in [1.807, 2.05) is 6.92 Å². The normalized spacial score (nSPS) is 11.3. The second kappa shape index (κ2) is 4.48. The molecule has 0 saturated heterocycles. The van der Waals surface area contributed by atoms with Gasteiger partial charge in [-0.3, -0.25) is 0 Å². The van der Waals surface area contributed by atoms with Gasteiger partial charge in [0.25, 0.3) is 0 Å². The third-order valence-corrected chi connectivity index (χ3v) is 2.92. The fourth-order valence-corrected chi connectivity index (χ4v) is 1.54. The van der Waals surface area contributed by atoms with Crippen LogP contribution < -0.4 is 11.1 Å². The van der Waals surface area contributed by atoms with Crippen LogP contribution in [0.2, 0.25) is 0 Å². The summed E-state index contributed by atoms with van der Waals surface area (Å²) in [7, 11) is -2.95. The zero-order valence-corrected chi connectivity index (χ0v) is 9.63. The fourth-order valence-electron chi connectivity index (χ4n) is 1.07. The molecule has 0 bridgehead atoms. The molecule has 0 saturated carbocycles. The number of anilines is 2. The van der Waals surface area contributed by atoms with E-state index >= 15 is 0 Å². The van der Waals surface area contributed by atoms with Crippen molar-refractivity contribution in [1.82, 2.24) is 4.98 Å². The molecular weight excluding hydrogens is 214 g/mol. The van der Waals surface area contributed by atoms with Gasteiger partial charge in [0, 0.05) is 19.0 Å². The first-order valence-corrected chi connectivity index (χ1v) is 6.59. The summed E-state index contributed by atoms with van der Waals surface area (Å²) in [6.45, 7) is 2.19. The summed E-state index contributed by atoms with van der Waals surface area (Å²) in [5.41, 5.74) is 7.24. The van der Waals surface area contributed by atoms with Crippen LogP contribution in [0.15, 0.2) is 12.3 Å². The van der Waals surface area contributed by atoms with Crippen LogP contribution in [0.1, 0.15) is 5.56 Å². The highest BCUT2D eigenvalue weighted by Gasteiger charge is 2.05. The number of aryl methyl sites for hydroxylation is 1. The molecule has 0 unspecified atom stereocenters. The maximum atomic E-state index is 10.9. The minimum absolute atomic E-state index is 0.0715. The summed E-state index contributed by atoms with van der Waals surface area (Å²) in [6, 6.07) is 1.80. The molecular formula is C9H15N3O2S. The van der Waals surface area contributed by atoms with Crippen molar-refractivity contribution in [2.24, 2.45) is 0 Å². The SMILES string of the molecule is Cc1ccnc(NCCS(C)(=O)=O)c1N. The van der Waals surface area contributed by atoms with E-state index in [0.717, 1.165) is 5.56 Å². The Morgan fingerprint density at radius 1 is 1.53 bits per heavy atom.